The van der Waals surface area contributed by atoms with Crippen molar-refractivity contribution in [2.24, 2.45) is 0 Å². The van der Waals surface area contributed by atoms with E-state index in [0.717, 1.165) is 16.5 Å². The number of anilines is 1. The Morgan fingerprint density at radius 2 is 1.93 bits per heavy atom. The van der Waals surface area contributed by atoms with Crippen LogP contribution < -0.4 is 5.32 Å². The number of fused-ring (bicyclic) bond motifs is 2. The summed E-state index contributed by atoms with van der Waals surface area (Å²) in [6.07, 6.45) is 4.05. The number of benzene rings is 2. The van der Waals surface area contributed by atoms with Crippen LogP contribution in [0.3, 0.4) is 0 Å². The number of nitrogens with zero attached hydrogens (tertiary/aromatic N) is 4. The number of rotatable bonds is 5. The molecule has 148 valence electrons. The van der Waals surface area contributed by atoms with Gasteiger partial charge in [0.05, 0.1) is 6.42 Å². The average molecular weight is 415 g/mol. The van der Waals surface area contributed by atoms with Gasteiger partial charge in [-0.25, -0.2) is 4.52 Å². The van der Waals surface area contributed by atoms with E-state index in [0.29, 0.717) is 16.9 Å². The summed E-state index contributed by atoms with van der Waals surface area (Å²) in [5.74, 6) is 0.000938. The Bertz CT molecular complexity index is 1370. The summed E-state index contributed by atoms with van der Waals surface area (Å²) in [5, 5.41) is 12.0. The van der Waals surface area contributed by atoms with Gasteiger partial charge in [0, 0.05) is 22.0 Å². The highest BCUT2D eigenvalue weighted by Crippen LogP contribution is 2.30. The third kappa shape index (κ3) is 3.42. The minimum atomic E-state index is -0.252. The summed E-state index contributed by atoms with van der Waals surface area (Å²) in [7, 11) is 0. The molecule has 3 aromatic heterocycles. The van der Waals surface area contributed by atoms with E-state index in [1.807, 2.05) is 54.7 Å². The van der Waals surface area contributed by atoms with Crippen LogP contribution in [0.4, 0.5) is 5.95 Å². The molecule has 5 rings (SSSR count). The van der Waals surface area contributed by atoms with Crippen molar-refractivity contribution in [2.75, 3.05) is 11.6 Å². The van der Waals surface area contributed by atoms with E-state index in [1.165, 1.54) is 4.90 Å². The topological polar surface area (TPSA) is 85.3 Å². The lowest BCUT2D eigenvalue weighted by molar-refractivity contribution is -0.115. The normalized spacial score (nSPS) is 11.2. The molecule has 0 fully saturated rings. The standard InChI is InChI=1S/C22H17N5O2S/c1-30-19-9-5-3-6-15(19)14-10-11-20-23-22(25-27(20)13-14)24-21(28)12-17-16-7-2-4-8-18(16)29-26-17/h2-11,13H,12H2,1H3,(H,24,25,28). The summed E-state index contributed by atoms with van der Waals surface area (Å²) in [6, 6.07) is 19.5. The van der Waals surface area contributed by atoms with Gasteiger partial charge in [0.1, 0.15) is 5.69 Å². The van der Waals surface area contributed by atoms with Crippen molar-refractivity contribution in [3.63, 3.8) is 0 Å². The van der Waals surface area contributed by atoms with Crippen LogP contribution >= 0.6 is 11.8 Å². The van der Waals surface area contributed by atoms with E-state index < -0.39 is 0 Å². The van der Waals surface area contributed by atoms with Crippen LogP contribution in [-0.4, -0.2) is 31.9 Å². The molecule has 0 bridgehead atoms. The average Bonchev–Trinajstić information content (AvgIpc) is 3.36. The Balaban J connectivity index is 1.38. The van der Waals surface area contributed by atoms with Gasteiger partial charge in [0.15, 0.2) is 11.2 Å². The van der Waals surface area contributed by atoms with Gasteiger partial charge in [-0.05, 0) is 42.2 Å². The van der Waals surface area contributed by atoms with Gasteiger partial charge in [0.2, 0.25) is 11.9 Å². The van der Waals surface area contributed by atoms with Gasteiger partial charge in [-0.1, -0.05) is 35.5 Å². The Morgan fingerprint density at radius 1 is 1.10 bits per heavy atom. The molecule has 0 aliphatic rings. The second kappa shape index (κ2) is 7.64. The van der Waals surface area contributed by atoms with E-state index >= 15 is 0 Å². The molecule has 0 unspecified atom stereocenters. The van der Waals surface area contributed by atoms with Crippen LogP contribution in [0, 0.1) is 0 Å². The number of pyridine rings is 1. The predicted molar refractivity (Wildman–Crippen MR) is 117 cm³/mol. The van der Waals surface area contributed by atoms with Crippen molar-refractivity contribution in [1.29, 1.82) is 0 Å². The first kappa shape index (κ1) is 18.4. The third-order valence-electron chi connectivity index (χ3n) is 4.78. The molecule has 0 saturated heterocycles. The summed E-state index contributed by atoms with van der Waals surface area (Å²) in [4.78, 5) is 18.1. The maximum absolute atomic E-state index is 12.5. The van der Waals surface area contributed by atoms with Gasteiger partial charge in [0.25, 0.3) is 0 Å². The van der Waals surface area contributed by atoms with Crippen LogP contribution in [0.15, 0.2) is 76.3 Å². The fourth-order valence-electron chi connectivity index (χ4n) is 3.37. The van der Waals surface area contributed by atoms with Crippen LogP contribution in [0.5, 0.6) is 0 Å². The van der Waals surface area contributed by atoms with Crippen molar-refractivity contribution < 1.29 is 9.32 Å². The Kier molecular flexibility index (Phi) is 4.68. The molecule has 3 heterocycles. The number of hydrogen-bond donors (Lipinski definition) is 1. The molecule has 0 aliphatic heterocycles. The SMILES string of the molecule is CSc1ccccc1-c1ccc2nc(NC(=O)Cc3noc4ccccc34)nn2c1. The van der Waals surface area contributed by atoms with E-state index in [-0.39, 0.29) is 18.3 Å². The zero-order valence-corrected chi connectivity index (χ0v) is 16.9. The van der Waals surface area contributed by atoms with Gasteiger partial charge >= 0.3 is 0 Å². The largest absolute Gasteiger partial charge is 0.356 e. The highest BCUT2D eigenvalue weighted by molar-refractivity contribution is 7.98. The molecule has 5 aromatic rings. The monoisotopic (exact) mass is 415 g/mol. The molecule has 0 radical (unpaired) electrons. The molecule has 0 atom stereocenters. The maximum atomic E-state index is 12.5. The van der Waals surface area contributed by atoms with Crippen molar-refractivity contribution in [1.82, 2.24) is 19.8 Å². The lowest BCUT2D eigenvalue weighted by Gasteiger charge is -2.07. The summed E-state index contributed by atoms with van der Waals surface area (Å²) >= 11 is 1.70. The quantitative estimate of drug-likeness (QED) is 0.427. The number of hydrogen-bond acceptors (Lipinski definition) is 6. The first-order chi connectivity index (χ1) is 14.7. The first-order valence-electron chi connectivity index (χ1n) is 9.34. The number of thioether (sulfide) groups is 1. The van der Waals surface area contributed by atoms with Crippen LogP contribution in [-0.2, 0) is 11.2 Å². The lowest BCUT2D eigenvalue weighted by atomic mass is 10.1. The zero-order chi connectivity index (χ0) is 20.5. The Hall–Kier alpha value is -3.65. The third-order valence-corrected chi connectivity index (χ3v) is 5.58. The predicted octanol–water partition coefficient (Wildman–Crippen LogP) is 4.44. The molecular formula is C22H17N5O2S. The lowest BCUT2D eigenvalue weighted by Crippen LogP contribution is -2.15. The number of carbonyl (C=O) groups excluding carboxylic acids is 1. The smallest absolute Gasteiger partial charge is 0.249 e. The van der Waals surface area contributed by atoms with E-state index in [1.54, 1.807) is 16.3 Å². The molecule has 7 nitrogen and oxygen atoms in total. The van der Waals surface area contributed by atoms with Gasteiger partial charge in [-0.2, -0.15) is 4.98 Å². The molecule has 0 saturated carbocycles. The fraction of sp³-hybridized carbons (Fsp3) is 0.0909. The zero-order valence-electron chi connectivity index (χ0n) is 16.1. The molecule has 8 heteroatoms. The molecule has 2 aromatic carbocycles. The number of para-hydroxylation sites is 1. The van der Waals surface area contributed by atoms with Crippen molar-refractivity contribution in [2.45, 2.75) is 11.3 Å². The minimum absolute atomic E-state index is 0.0823. The highest BCUT2D eigenvalue weighted by atomic mass is 32.2. The summed E-state index contributed by atoms with van der Waals surface area (Å²) < 4.78 is 6.93. The van der Waals surface area contributed by atoms with Gasteiger partial charge in [-0.15, -0.1) is 16.9 Å². The number of carbonyl (C=O) groups is 1. The van der Waals surface area contributed by atoms with Crippen LogP contribution in [0.1, 0.15) is 5.69 Å². The Labute approximate surface area is 176 Å². The van der Waals surface area contributed by atoms with E-state index in [2.05, 4.69) is 38.9 Å². The molecule has 0 aliphatic carbocycles. The van der Waals surface area contributed by atoms with Crippen molar-refractivity contribution in [3.05, 3.63) is 72.6 Å². The van der Waals surface area contributed by atoms with Crippen LogP contribution in [0.2, 0.25) is 0 Å². The van der Waals surface area contributed by atoms with Crippen molar-refractivity contribution in [3.8, 4) is 11.1 Å². The number of aromatic nitrogens is 4. The fourth-order valence-corrected chi connectivity index (χ4v) is 3.99. The van der Waals surface area contributed by atoms with Gasteiger partial charge in [-0.3, -0.25) is 10.1 Å². The number of nitrogens with one attached hydrogen (secondary N) is 1. The molecule has 1 N–H and O–H groups in total. The van der Waals surface area contributed by atoms with E-state index in [9.17, 15) is 4.79 Å². The second-order valence-corrected chi connectivity index (χ2v) is 7.55. The van der Waals surface area contributed by atoms with Crippen molar-refractivity contribution >= 4 is 40.2 Å². The Morgan fingerprint density at radius 3 is 2.83 bits per heavy atom. The molecule has 0 spiro atoms. The molecule has 30 heavy (non-hydrogen) atoms. The van der Waals surface area contributed by atoms with E-state index in [4.69, 9.17) is 4.52 Å². The number of amides is 1. The van der Waals surface area contributed by atoms with Crippen LogP contribution in [0.25, 0.3) is 27.7 Å². The highest BCUT2D eigenvalue weighted by Gasteiger charge is 2.14. The molecule has 1 amide bonds. The van der Waals surface area contributed by atoms with Gasteiger partial charge < -0.3 is 4.52 Å². The first-order valence-corrected chi connectivity index (χ1v) is 10.6. The maximum Gasteiger partial charge on any atom is 0.249 e. The summed E-state index contributed by atoms with van der Waals surface area (Å²) in [5.41, 5.74) is 4.06. The summed E-state index contributed by atoms with van der Waals surface area (Å²) in [6.45, 7) is 0. The second-order valence-electron chi connectivity index (χ2n) is 6.71. The minimum Gasteiger partial charge on any atom is -0.356 e. The molecular weight excluding hydrogens is 398 g/mol.